The lowest BCUT2D eigenvalue weighted by atomic mass is 9.92. The van der Waals surface area contributed by atoms with Crippen LogP contribution in [0.3, 0.4) is 0 Å². The molecule has 0 aliphatic rings. The first-order valence-electron chi connectivity index (χ1n) is 6.76. The fraction of sp³-hybridized carbons (Fsp3) is 0.111. The molecule has 3 rings (SSSR count). The first kappa shape index (κ1) is 14.4. The van der Waals surface area contributed by atoms with Crippen molar-refractivity contribution in [3.8, 4) is 0 Å². The van der Waals surface area contributed by atoms with Crippen molar-refractivity contribution in [1.29, 1.82) is 0 Å². The Morgan fingerprint density at radius 1 is 0.857 bits per heavy atom. The number of fused-ring (bicyclic) bond motifs is 1. The molecule has 0 heterocycles. The largest absolute Gasteiger partial charge is 0.320 e. The van der Waals surface area contributed by atoms with E-state index in [-0.39, 0.29) is 6.04 Å². The van der Waals surface area contributed by atoms with Gasteiger partial charge in [-0.05, 0) is 52.6 Å². The van der Waals surface area contributed by atoms with Crippen LogP contribution in [0.2, 0.25) is 10.0 Å². The maximum absolute atomic E-state index is 6.45. The molecule has 0 bridgehead atoms. The Hall–Kier alpha value is -1.54. The molecule has 0 aliphatic carbocycles. The van der Waals surface area contributed by atoms with Gasteiger partial charge in [0.15, 0.2) is 0 Å². The van der Waals surface area contributed by atoms with Gasteiger partial charge in [-0.1, -0.05) is 59.6 Å². The number of aryl methyl sites for hydroxylation is 1. The van der Waals surface area contributed by atoms with Gasteiger partial charge in [-0.2, -0.15) is 0 Å². The van der Waals surface area contributed by atoms with Gasteiger partial charge in [0.1, 0.15) is 0 Å². The quantitative estimate of drug-likeness (QED) is 0.663. The van der Waals surface area contributed by atoms with Gasteiger partial charge in [0.25, 0.3) is 0 Å². The molecule has 3 aromatic rings. The highest BCUT2D eigenvalue weighted by atomic mass is 35.5. The summed E-state index contributed by atoms with van der Waals surface area (Å²) >= 11 is 12.2. The predicted molar refractivity (Wildman–Crippen MR) is 91.2 cm³/mol. The standard InChI is InChI=1S/C18H15Cl2N/c1-11-6-7-17(16-5-3-2-4-15(11)16)18(21)12-8-13(19)10-14(20)9-12/h2-10,18H,21H2,1H3. The Morgan fingerprint density at radius 3 is 2.14 bits per heavy atom. The van der Waals surface area contributed by atoms with Crippen LogP contribution in [0.4, 0.5) is 0 Å². The van der Waals surface area contributed by atoms with E-state index >= 15 is 0 Å². The highest BCUT2D eigenvalue weighted by molar-refractivity contribution is 6.34. The molecule has 1 atom stereocenters. The average molecular weight is 316 g/mol. The Bertz CT molecular complexity index is 791. The molecule has 0 fully saturated rings. The van der Waals surface area contributed by atoms with Gasteiger partial charge < -0.3 is 5.73 Å². The second-order valence-electron chi connectivity index (χ2n) is 5.20. The third-order valence-corrected chi connectivity index (χ3v) is 4.19. The molecule has 3 aromatic carbocycles. The summed E-state index contributed by atoms with van der Waals surface area (Å²) in [5, 5.41) is 3.59. The summed E-state index contributed by atoms with van der Waals surface area (Å²) in [5.41, 5.74) is 9.69. The molecule has 106 valence electrons. The lowest BCUT2D eigenvalue weighted by Gasteiger charge is -2.17. The van der Waals surface area contributed by atoms with Gasteiger partial charge in [0.2, 0.25) is 0 Å². The van der Waals surface area contributed by atoms with E-state index in [0.29, 0.717) is 10.0 Å². The molecule has 1 nitrogen and oxygen atoms in total. The summed E-state index contributed by atoms with van der Waals surface area (Å²) in [4.78, 5) is 0. The van der Waals surface area contributed by atoms with E-state index in [0.717, 1.165) is 11.1 Å². The Kier molecular flexibility index (Phi) is 3.90. The zero-order valence-corrected chi connectivity index (χ0v) is 13.1. The number of hydrogen-bond acceptors (Lipinski definition) is 1. The van der Waals surface area contributed by atoms with Crippen LogP contribution in [0.5, 0.6) is 0 Å². The summed E-state index contributed by atoms with van der Waals surface area (Å²) in [6.45, 7) is 2.11. The summed E-state index contributed by atoms with van der Waals surface area (Å²) in [7, 11) is 0. The van der Waals surface area contributed by atoms with Gasteiger partial charge in [0, 0.05) is 10.0 Å². The number of halogens is 2. The van der Waals surface area contributed by atoms with E-state index in [4.69, 9.17) is 28.9 Å². The molecule has 1 unspecified atom stereocenters. The van der Waals surface area contributed by atoms with Crippen molar-refractivity contribution < 1.29 is 0 Å². The molecule has 0 aromatic heterocycles. The van der Waals surface area contributed by atoms with Crippen molar-refractivity contribution in [2.45, 2.75) is 13.0 Å². The number of nitrogens with two attached hydrogens (primary N) is 1. The molecule has 0 saturated heterocycles. The maximum Gasteiger partial charge on any atom is 0.0558 e. The van der Waals surface area contributed by atoms with E-state index in [1.165, 1.54) is 16.3 Å². The molecule has 2 N–H and O–H groups in total. The van der Waals surface area contributed by atoms with E-state index in [1.807, 2.05) is 24.3 Å². The normalized spacial score (nSPS) is 12.6. The Labute approximate surface area is 134 Å². The van der Waals surface area contributed by atoms with Crippen molar-refractivity contribution >= 4 is 34.0 Å². The zero-order chi connectivity index (χ0) is 15.0. The average Bonchev–Trinajstić information content (AvgIpc) is 2.46. The van der Waals surface area contributed by atoms with Gasteiger partial charge in [-0.25, -0.2) is 0 Å². The van der Waals surface area contributed by atoms with Crippen molar-refractivity contribution in [2.75, 3.05) is 0 Å². The fourth-order valence-electron chi connectivity index (χ4n) is 2.68. The molecular weight excluding hydrogens is 301 g/mol. The summed E-state index contributed by atoms with van der Waals surface area (Å²) < 4.78 is 0. The van der Waals surface area contributed by atoms with E-state index < -0.39 is 0 Å². The van der Waals surface area contributed by atoms with Crippen LogP contribution >= 0.6 is 23.2 Å². The molecular formula is C18H15Cl2N. The van der Waals surface area contributed by atoms with Gasteiger partial charge in [-0.15, -0.1) is 0 Å². The first-order valence-corrected chi connectivity index (χ1v) is 7.51. The van der Waals surface area contributed by atoms with Crippen LogP contribution in [0, 0.1) is 6.92 Å². The Balaban J connectivity index is 2.18. The number of benzene rings is 3. The first-order chi connectivity index (χ1) is 10.1. The van der Waals surface area contributed by atoms with Crippen LogP contribution in [0.25, 0.3) is 10.8 Å². The van der Waals surface area contributed by atoms with E-state index in [9.17, 15) is 0 Å². The third-order valence-electron chi connectivity index (χ3n) is 3.75. The number of hydrogen-bond donors (Lipinski definition) is 1. The van der Waals surface area contributed by atoms with Gasteiger partial charge in [0.05, 0.1) is 6.04 Å². The molecule has 0 amide bonds. The molecule has 0 spiro atoms. The van der Waals surface area contributed by atoms with Crippen molar-refractivity contribution in [1.82, 2.24) is 0 Å². The summed E-state index contributed by atoms with van der Waals surface area (Å²) in [6.07, 6.45) is 0. The van der Waals surface area contributed by atoms with Gasteiger partial charge >= 0.3 is 0 Å². The lowest BCUT2D eigenvalue weighted by Crippen LogP contribution is -2.12. The monoisotopic (exact) mass is 315 g/mol. The van der Waals surface area contributed by atoms with Crippen molar-refractivity contribution in [2.24, 2.45) is 5.73 Å². The molecule has 0 aliphatic heterocycles. The minimum atomic E-state index is -0.258. The molecule has 3 heteroatoms. The topological polar surface area (TPSA) is 26.0 Å². The molecule has 0 saturated carbocycles. The zero-order valence-electron chi connectivity index (χ0n) is 11.6. The fourth-order valence-corrected chi connectivity index (χ4v) is 3.22. The minimum Gasteiger partial charge on any atom is -0.320 e. The van der Waals surface area contributed by atoms with Gasteiger partial charge in [-0.3, -0.25) is 0 Å². The molecule has 0 radical (unpaired) electrons. The maximum atomic E-state index is 6.45. The van der Waals surface area contributed by atoms with Crippen LogP contribution in [0.1, 0.15) is 22.7 Å². The van der Waals surface area contributed by atoms with Crippen molar-refractivity contribution in [3.05, 3.63) is 81.3 Å². The highest BCUT2D eigenvalue weighted by Gasteiger charge is 2.14. The number of rotatable bonds is 2. The SMILES string of the molecule is Cc1ccc(C(N)c2cc(Cl)cc(Cl)c2)c2ccccc12. The second-order valence-corrected chi connectivity index (χ2v) is 6.07. The van der Waals surface area contributed by atoms with Crippen LogP contribution < -0.4 is 5.73 Å². The highest BCUT2D eigenvalue weighted by Crippen LogP contribution is 2.31. The Morgan fingerprint density at radius 2 is 1.48 bits per heavy atom. The predicted octanol–water partition coefficient (Wildman–Crippen LogP) is 5.50. The minimum absolute atomic E-state index is 0.258. The third kappa shape index (κ3) is 2.77. The summed E-state index contributed by atoms with van der Waals surface area (Å²) in [5.74, 6) is 0. The lowest BCUT2D eigenvalue weighted by molar-refractivity contribution is 0.880. The van der Waals surface area contributed by atoms with E-state index in [1.54, 1.807) is 6.07 Å². The van der Waals surface area contributed by atoms with Crippen LogP contribution in [-0.2, 0) is 0 Å². The van der Waals surface area contributed by atoms with Crippen LogP contribution in [0.15, 0.2) is 54.6 Å². The smallest absolute Gasteiger partial charge is 0.0558 e. The van der Waals surface area contributed by atoms with Crippen LogP contribution in [-0.4, -0.2) is 0 Å². The van der Waals surface area contributed by atoms with E-state index in [2.05, 4.69) is 31.2 Å². The second kappa shape index (κ2) is 5.69. The molecule has 21 heavy (non-hydrogen) atoms. The summed E-state index contributed by atoms with van der Waals surface area (Å²) in [6, 6.07) is 17.7. The van der Waals surface area contributed by atoms with Crippen molar-refractivity contribution in [3.63, 3.8) is 0 Å².